The molecule has 0 aromatic heterocycles. The van der Waals surface area contributed by atoms with Crippen LogP contribution in [0.15, 0.2) is 0 Å². The number of hydrogen-bond donors (Lipinski definition) is 1. The van der Waals surface area contributed by atoms with E-state index in [1.54, 1.807) is 0 Å². The van der Waals surface area contributed by atoms with Gasteiger partial charge in [0.2, 0.25) is 0 Å². The summed E-state index contributed by atoms with van der Waals surface area (Å²) in [7, 11) is 0. The van der Waals surface area contributed by atoms with Gasteiger partial charge in [0, 0.05) is 0 Å². The fraction of sp³-hybridized carbons (Fsp3) is 0. The Labute approximate surface area is 46.3 Å². The predicted octanol–water partition coefficient (Wildman–Crippen LogP) is 0.554. The number of thioether (sulfide) groups is 1. The molecule has 0 unspecified atom stereocenters. The lowest BCUT2D eigenvalue weighted by molar-refractivity contribution is 1.91. The SMILES string of the molecule is C#CSC(N)=S. The summed E-state index contributed by atoms with van der Waals surface area (Å²) >= 11 is 5.42. The first-order valence-corrected chi connectivity index (χ1v) is 2.41. The summed E-state index contributed by atoms with van der Waals surface area (Å²) in [5, 5.41) is 2.22. The summed E-state index contributed by atoms with van der Waals surface area (Å²) in [6.07, 6.45) is 4.77. The highest BCUT2D eigenvalue weighted by Gasteiger charge is 1.76. The van der Waals surface area contributed by atoms with Crippen molar-refractivity contribution in [2.45, 2.75) is 0 Å². The average molecular weight is 117 g/mol. The quantitative estimate of drug-likeness (QED) is 0.371. The molecule has 0 bridgehead atoms. The Morgan fingerprint density at radius 1 is 2.00 bits per heavy atom. The predicted molar refractivity (Wildman–Crippen MR) is 33.2 cm³/mol. The molecule has 0 aliphatic heterocycles. The smallest absolute Gasteiger partial charge is 0.143 e. The second-order valence-electron chi connectivity index (χ2n) is 0.539. The van der Waals surface area contributed by atoms with Gasteiger partial charge in [-0.1, -0.05) is 12.2 Å². The molecular weight excluding hydrogens is 114 g/mol. The fourth-order valence-electron chi connectivity index (χ4n) is 0.0581. The first kappa shape index (κ1) is 5.80. The molecule has 0 saturated heterocycles. The summed E-state index contributed by atoms with van der Waals surface area (Å²) in [6, 6.07) is 0. The third-order valence-electron chi connectivity index (χ3n) is 0.160. The van der Waals surface area contributed by atoms with Gasteiger partial charge in [0.25, 0.3) is 0 Å². The Kier molecular flexibility index (Phi) is 2.91. The van der Waals surface area contributed by atoms with Crippen molar-refractivity contribution in [3.8, 4) is 11.7 Å². The zero-order chi connectivity index (χ0) is 4.99. The van der Waals surface area contributed by atoms with Crippen LogP contribution >= 0.6 is 24.0 Å². The maximum atomic E-state index is 4.95. The van der Waals surface area contributed by atoms with Crippen LogP contribution in [0.1, 0.15) is 0 Å². The van der Waals surface area contributed by atoms with E-state index in [1.807, 2.05) is 0 Å². The highest BCUT2D eigenvalue weighted by atomic mass is 32.2. The number of thiocarbonyl (C=S) groups is 1. The molecule has 32 valence electrons. The van der Waals surface area contributed by atoms with Gasteiger partial charge in [-0.3, -0.25) is 0 Å². The Bertz CT molecular complexity index is 91.5. The third kappa shape index (κ3) is 3.80. The standard InChI is InChI=1S/C3H3NS2/c1-2-6-3(4)5/h1H,(H2,4,5). The van der Waals surface area contributed by atoms with E-state index < -0.39 is 0 Å². The van der Waals surface area contributed by atoms with Gasteiger partial charge in [-0.15, -0.1) is 6.42 Å². The van der Waals surface area contributed by atoms with Crippen LogP contribution in [-0.2, 0) is 0 Å². The van der Waals surface area contributed by atoms with Crippen molar-refractivity contribution in [2.24, 2.45) is 5.73 Å². The van der Waals surface area contributed by atoms with Crippen LogP contribution < -0.4 is 5.73 Å². The molecule has 2 N–H and O–H groups in total. The van der Waals surface area contributed by atoms with Gasteiger partial charge in [-0.05, 0) is 17.0 Å². The van der Waals surface area contributed by atoms with Crippen molar-refractivity contribution in [1.29, 1.82) is 0 Å². The van der Waals surface area contributed by atoms with Gasteiger partial charge in [0.15, 0.2) is 0 Å². The molecule has 0 heterocycles. The van der Waals surface area contributed by atoms with Crippen LogP contribution in [0.4, 0.5) is 0 Å². The second-order valence-corrected chi connectivity index (χ2v) is 2.12. The highest BCUT2D eigenvalue weighted by Crippen LogP contribution is 1.91. The third-order valence-corrected chi connectivity index (χ3v) is 0.729. The van der Waals surface area contributed by atoms with Gasteiger partial charge in [-0.25, -0.2) is 0 Å². The zero-order valence-corrected chi connectivity index (χ0v) is 4.60. The zero-order valence-electron chi connectivity index (χ0n) is 2.97. The normalized spacial score (nSPS) is 6.50. The minimum absolute atomic E-state index is 0.303. The van der Waals surface area contributed by atoms with E-state index >= 15 is 0 Å². The van der Waals surface area contributed by atoms with E-state index in [0.717, 1.165) is 11.8 Å². The van der Waals surface area contributed by atoms with Crippen LogP contribution in [0.25, 0.3) is 0 Å². The summed E-state index contributed by atoms with van der Waals surface area (Å²) in [5.74, 6) is 0. The summed E-state index contributed by atoms with van der Waals surface area (Å²) in [4.78, 5) is 0. The van der Waals surface area contributed by atoms with Crippen molar-refractivity contribution >= 4 is 28.3 Å². The lowest BCUT2D eigenvalue weighted by atomic mass is 11.4. The summed E-state index contributed by atoms with van der Waals surface area (Å²) < 4.78 is 0.303. The number of terminal acetylenes is 1. The maximum absolute atomic E-state index is 4.95. The van der Waals surface area contributed by atoms with Crippen LogP contribution in [0.2, 0.25) is 0 Å². The lowest BCUT2D eigenvalue weighted by Gasteiger charge is -1.77. The first-order valence-electron chi connectivity index (χ1n) is 1.19. The molecule has 0 amide bonds. The van der Waals surface area contributed by atoms with E-state index in [4.69, 9.17) is 12.2 Å². The largest absolute Gasteiger partial charge is 0.384 e. The second kappa shape index (κ2) is 3.01. The molecule has 0 fully saturated rings. The summed E-state index contributed by atoms with van der Waals surface area (Å²) in [6.45, 7) is 0. The van der Waals surface area contributed by atoms with Crippen LogP contribution in [0.5, 0.6) is 0 Å². The van der Waals surface area contributed by atoms with E-state index in [9.17, 15) is 0 Å². The van der Waals surface area contributed by atoms with Gasteiger partial charge >= 0.3 is 0 Å². The molecule has 6 heavy (non-hydrogen) atoms. The molecule has 0 atom stereocenters. The van der Waals surface area contributed by atoms with E-state index in [1.165, 1.54) is 0 Å². The van der Waals surface area contributed by atoms with Crippen LogP contribution in [0.3, 0.4) is 0 Å². The molecule has 0 aliphatic carbocycles. The minimum atomic E-state index is 0.303. The van der Waals surface area contributed by atoms with Crippen molar-refractivity contribution < 1.29 is 0 Å². The molecule has 0 aliphatic rings. The van der Waals surface area contributed by atoms with Crippen LogP contribution in [-0.4, -0.2) is 4.32 Å². The van der Waals surface area contributed by atoms with Gasteiger partial charge in [0.05, 0.1) is 0 Å². The maximum Gasteiger partial charge on any atom is 0.143 e. The average Bonchev–Trinajstić information content (AvgIpc) is 1.35. The molecule has 0 aromatic rings. The molecule has 0 aromatic carbocycles. The Hall–Kier alpha value is -0.200. The number of rotatable bonds is 0. The Balaban J connectivity index is 3.13. The van der Waals surface area contributed by atoms with Crippen molar-refractivity contribution in [1.82, 2.24) is 0 Å². The molecule has 0 saturated carbocycles. The van der Waals surface area contributed by atoms with Gasteiger partial charge in [0.1, 0.15) is 4.32 Å². The van der Waals surface area contributed by atoms with Gasteiger partial charge in [-0.2, -0.15) is 0 Å². The molecule has 0 radical (unpaired) electrons. The monoisotopic (exact) mass is 117 g/mol. The van der Waals surface area contributed by atoms with E-state index in [-0.39, 0.29) is 0 Å². The van der Waals surface area contributed by atoms with Crippen molar-refractivity contribution in [2.75, 3.05) is 0 Å². The van der Waals surface area contributed by atoms with E-state index in [0.29, 0.717) is 4.32 Å². The minimum Gasteiger partial charge on any atom is -0.384 e. The van der Waals surface area contributed by atoms with Gasteiger partial charge < -0.3 is 5.73 Å². The topological polar surface area (TPSA) is 26.0 Å². The Morgan fingerprint density at radius 3 is 2.50 bits per heavy atom. The molecule has 0 rings (SSSR count). The van der Waals surface area contributed by atoms with E-state index in [2.05, 4.69) is 17.5 Å². The number of hydrogen-bond acceptors (Lipinski definition) is 2. The highest BCUT2D eigenvalue weighted by molar-refractivity contribution is 8.26. The molecule has 0 spiro atoms. The molecule has 1 nitrogen and oxygen atoms in total. The van der Waals surface area contributed by atoms with Crippen LogP contribution in [0, 0.1) is 11.7 Å². The summed E-state index contributed by atoms with van der Waals surface area (Å²) in [5.41, 5.74) is 4.95. The fourth-order valence-corrected chi connectivity index (χ4v) is 0.319. The first-order chi connectivity index (χ1) is 2.77. The van der Waals surface area contributed by atoms with Crippen molar-refractivity contribution in [3.05, 3.63) is 0 Å². The molecular formula is C3H3NS2. The van der Waals surface area contributed by atoms with Crippen molar-refractivity contribution in [3.63, 3.8) is 0 Å². The lowest BCUT2D eigenvalue weighted by Crippen LogP contribution is -1.98. The Morgan fingerprint density at radius 2 is 2.50 bits per heavy atom. The number of nitrogens with two attached hydrogens (primary N) is 1. The molecule has 3 heteroatoms.